The number of methoxy groups -OCH3 is 1. The molecule has 0 amide bonds. The Morgan fingerprint density at radius 1 is 1.36 bits per heavy atom. The maximum atomic E-state index is 5.50. The average Bonchev–Trinajstić information content (AvgIpc) is 2.19. The first-order chi connectivity index (χ1) is 6.76. The lowest BCUT2D eigenvalue weighted by Crippen LogP contribution is -2.06. The number of hydrogen-bond acceptors (Lipinski definition) is 3. The molecule has 3 heteroatoms. The van der Waals surface area contributed by atoms with E-state index in [9.17, 15) is 0 Å². The van der Waals surface area contributed by atoms with Gasteiger partial charge in [-0.2, -0.15) is 0 Å². The molecule has 0 aliphatic rings. The van der Waals surface area contributed by atoms with E-state index in [1.807, 2.05) is 23.9 Å². The number of rotatable bonds is 5. The third-order valence-electron chi connectivity index (χ3n) is 1.97. The Bertz CT molecular complexity index is 260. The summed E-state index contributed by atoms with van der Waals surface area (Å²) in [5.41, 5.74) is 5.50. The van der Waals surface area contributed by atoms with Gasteiger partial charge in [-0.3, -0.25) is 0 Å². The molecule has 2 nitrogen and oxygen atoms in total. The summed E-state index contributed by atoms with van der Waals surface area (Å²) < 4.78 is 5.09. The molecule has 1 atom stereocenters. The van der Waals surface area contributed by atoms with Crippen molar-refractivity contribution >= 4 is 11.8 Å². The smallest absolute Gasteiger partial charge is 0.118 e. The van der Waals surface area contributed by atoms with Gasteiger partial charge in [0.05, 0.1) is 7.11 Å². The van der Waals surface area contributed by atoms with E-state index in [-0.39, 0.29) is 0 Å². The second-order valence-corrected chi connectivity index (χ2v) is 4.69. The standard InChI is InChI=1S/C11H17NOS/c1-9(7-8-12)14-11-5-3-10(13-2)4-6-11/h3-6,9H,7-8,12H2,1-2H3. The Hall–Kier alpha value is -0.670. The van der Waals surface area contributed by atoms with Gasteiger partial charge in [0.2, 0.25) is 0 Å². The van der Waals surface area contributed by atoms with Crippen LogP contribution in [0.1, 0.15) is 13.3 Å². The van der Waals surface area contributed by atoms with E-state index in [2.05, 4.69) is 19.1 Å². The van der Waals surface area contributed by atoms with Crippen LogP contribution in [0.4, 0.5) is 0 Å². The Morgan fingerprint density at radius 2 is 2.00 bits per heavy atom. The Kier molecular flexibility index (Phi) is 4.84. The predicted octanol–water partition coefficient (Wildman–Crippen LogP) is 2.52. The van der Waals surface area contributed by atoms with E-state index in [4.69, 9.17) is 10.5 Å². The molecule has 1 aromatic carbocycles. The average molecular weight is 211 g/mol. The minimum Gasteiger partial charge on any atom is -0.497 e. The van der Waals surface area contributed by atoms with Crippen LogP contribution < -0.4 is 10.5 Å². The quantitative estimate of drug-likeness (QED) is 0.760. The zero-order valence-electron chi connectivity index (χ0n) is 8.69. The fraction of sp³-hybridized carbons (Fsp3) is 0.455. The summed E-state index contributed by atoms with van der Waals surface area (Å²) in [5, 5.41) is 0.577. The summed E-state index contributed by atoms with van der Waals surface area (Å²) in [6.07, 6.45) is 1.05. The van der Waals surface area contributed by atoms with Crippen LogP contribution in [0.2, 0.25) is 0 Å². The highest BCUT2D eigenvalue weighted by molar-refractivity contribution is 7.99. The fourth-order valence-electron chi connectivity index (χ4n) is 1.18. The van der Waals surface area contributed by atoms with E-state index >= 15 is 0 Å². The molecular formula is C11H17NOS. The molecule has 1 aromatic rings. The zero-order valence-corrected chi connectivity index (χ0v) is 9.51. The molecule has 0 saturated carbocycles. The SMILES string of the molecule is COc1ccc(SC(C)CCN)cc1. The van der Waals surface area contributed by atoms with Gasteiger partial charge in [-0.25, -0.2) is 0 Å². The highest BCUT2D eigenvalue weighted by Crippen LogP contribution is 2.26. The Balaban J connectivity index is 2.50. The summed E-state index contributed by atoms with van der Waals surface area (Å²) in [6, 6.07) is 8.13. The molecule has 0 saturated heterocycles. The van der Waals surface area contributed by atoms with E-state index in [1.54, 1.807) is 7.11 Å². The number of nitrogens with two attached hydrogens (primary N) is 1. The minimum absolute atomic E-state index is 0.577. The maximum absolute atomic E-state index is 5.50. The van der Waals surface area contributed by atoms with Crippen LogP contribution in [-0.4, -0.2) is 18.9 Å². The second kappa shape index (κ2) is 5.94. The first kappa shape index (κ1) is 11.4. The second-order valence-electron chi connectivity index (χ2n) is 3.18. The van der Waals surface area contributed by atoms with Gasteiger partial charge < -0.3 is 10.5 Å². The molecule has 0 aliphatic carbocycles. The monoisotopic (exact) mass is 211 g/mol. The van der Waals surface area contributed by atoms with Crippen molar-refractivity contribution in [1.29, 1.82) is 0 Å². The molecule has 1 rings (SSSR count). The summed E-state index contributed by atoms with van der Waals surface area (Å²) in [6.45, 7) is 2.95. The van der Waals surface area contributed by atoms with Crippen LogP contribution in [0.15, 0.2) is 29.2 Å². The topological polar surface area (TPSA) is 35.2 Å². The summed E-state index contributed by atoms with van der Waals surface area (Å²) in [7, 11) is 1.68. The number of ether oxygens (including phenoxy) is 1. The van der Waals surface area contributed by atoms with Crippen molar-refractivity contribution in [3.63, 3.8) is 0 Å². The first-order valence-corrected chi connectivity index (χ1v) is 5.65. The van der Waals surface area contributed by atoms with Crippen LogP contribution in [0.3, 0.4) is 0 Å². The Labute approximate surface area is 89.8 Å². The van der Waals surface area contributed by atoms with E-state index in [0.29, 0.717) is 5.25 Å². The van der Waals surface area contributed by atoms with Crippen molar-refractivity contribution in [2.45, 2.75) is 23.5 Å². The van der Waals surface area contributed by atoms with Gasteiger partial charge in [0.25, 0.3) is 0 Å². The van der Waals surface area contributed by atoms with Crippen molar-refractivity contribution in [2.75, 3.05) is 13.7 Å². The lowest BCUT2D eigenvalue weighted by Gasteiger charge is -2.09. The van der Waals surface area contributed by atoms with Crippen LogP contribution in [0, 0.1) is 0 Å². The number of benzene rings is 1. The van der Waals surface area contributed by atoms with E-state index in [1.165, 1.54) is 4.90 Å². The van der Waals surface area contributed by atoms with Gasteiger partial charge in [0, 0.05) is 10.1 Å². The van der Waals surface area contributed by atoms with Gasteiger partial charge in [0.1, 0.15) is 5.75 Å². The van der Waals surface area contributed by atoms with Crippen LogP contribution in [0.5, 0.6) is 5.75 Å². The third kappa shape index (κ3) is 3.60. The van der Waals surface area contributed by atoms with Crippen molar-refractivity contribution in [3.05, 3.63) is 24.3 Å². The largest absolute Gasteiger partial charge is 0.497 e. The molecule has 0 heterocycles. The third-order valence-corrected chi connectivity index (χ3v) is 3.15. The van der Waals surface area contributed by atoms with Gasteiger partial charge in [-0.1, -0.05) is 6.92 Å². The van der Waals surface area contributed by atoms with Crippen molar-refractivity contribution < 1.29 is 4.74 Å². The minimum atomic E-state index is 0.577. The lowest BCUT2D eigenvalue weighted by atomic mass is 10.3. The van der Waals surface area contributed by atoms with Gasteiger partial charge in [-0.05, 0) is 37.2 Å². The highest BCUT2D eigenvalue weighted by atomic mass is 32.2. The zero-order chi connectivity index (χ0) is 10.4. The molecule has 78 valence electrons. The van der Waals surface area contributed by atoms with Gasteiger partial charge in [0.15, 0.2) is 0 Å². The van der Waals surface area contributed by atoms with Crippen molar-refractivity contribution in [2.24, 2.45) is 5.73 Å². The van der Waals surface area contributed by atoms with Crippen LogP contribution in [0.25, 0.3) is 0 Å². The predicted molar refractivity (Wildman–Crippen MR) is 62.0 cm³/mol. The molecule has 2 N–H and O–H groups in total. The van der Waals surface area contributed by atoms with Crippen LogP contribution in [-0.2, 0) is 0 Å². The van der Waals surface area contributed by atoms with E-state index in [0.717, 1.165) is 18.7 Å². The molecule has 0 bridgehead atoms. The normalized spacial score (nSPS) is 12.5. The molecule has 0 fully saturated rings. The first-order valence-electron chi connectivity index (χ1n) is 4.77. The number of thioether (sulfide) groups is 1. The number of hydrogen-bond donors (Lipinski definition) is 1. The fourth-order valence-corrected chi connectivity index (χ4v) is 2.19. The highest BCUT2D eigenvalue weighted by Gasteiger charge is 2.02. The molecule has 0 radical (unpaired) electrons. The van der Waals surface area contributed by atoms with Crippen molar-refractivity contribution in [3.8, 4) is 5.75 Å². The molecular weight excluding hydrogens is 194 g/mol. The summed E-state index contributed by atoms with van der Waals surface area (Å²) >= 11 is 1.85. The van der Waals surface area contributed by atoms with Gasteiger partial charge in [-0.15, -0.1) is 11.8 Å². The van der Waals surface area contributed by atoms with Crippen molar-refractivity contribution in [1.82, 2.24) is 0 Å². The van der Waals surface area contributed by atoms with Crippen LogP contribution >= 0.6 is 11.8 Å². The van der Waals surface area contributed by atoms with Gasteiger partial charge >= 0.3 is 0 Å². The molecule has 0 aliphatic heterocycles. The Morgan fingerprint density at radius 3 is 2.50 bits per heavy atom. The maximum Gasteiger partial charge on any atom is 0.118 e. The molecule has 14 heavy (non-hydrogen) atoms. The molecule has 1 unspecified atom stereocenters. The van der Waals surface area contributed by atoms with E-state index < -0.39 is 0 Å². The molecule has 0 spiro atoms. The summed E-state index contributed by atoms with van der Waals surface area (Å²) in [4.78, 5) is 1.27. The lowest BCUT2D eigenvalue weighted by molar-refractivity contribution is 0.414. The molecule has 0 aromatic heterocycles. The summed E-state index contributed by atoms with van der Waals surface area (Å²) in [5.74, 6) is 0.904.